The molecule has 140 valence electrons. The predicted molar refractivity (Wildman–Crippen MR) is 98.2 cm³/mol. The summed E-state index contributed by atoms with van der Waals surface area (Å²) in [6.07, 6.45) is 1.72. The third-order valence-electron chi connectivity index (χ3n) is 4.59. The van der Waals surface area contributed by atoms with Crippen molar-refractivity contribution in [3.8, 4) is 5.75 Å². The Morgan fingerprint density at radius 2 is 1.96 bits per heavy atom. The van der Waals surface area contributed by atoms with Crippen LogP contribution in [-0.4, -0.2) is 40.1 Å². The molecule has 0 atom stereocenters. The quantitative estimate of drug-likeness (QED) is 0.753. The van der Waals surface area contributed by atoms with E-state index >= 15 is 0 Å². The molecule has 0 saturated heterocycles. The zero-order chi connectivity index (χ0) is 18.6. The second-order valence-electron chi connectivity index (χ2n) is 6.34. The number of fused-ring (bicyclic) bond motifs is 1. The van der Waals surface area contributed by atoms with Gasteiger partial charge in [0.1, 0.15) is 0 Å². The fourth-order valence-electron chi connectivity index (χ4n) is 3.15. The molecule has 0 aliphatic carbocycles. The minimum Gasteiger partial charge on any atom is -0.494 e. The normalized spacial score (nSPS) is 14.8. The minimum absolute atomic E-state index is 0.0225. The molecule has 0 amide bonds. The largest absolute Gasteiger partial charge is 0.494 e. The number of halogens is 1. The molecule has 0 radical (unpaired) electrons. The highest BCUT2D eigenvalue weighted by Gasteiger charge is 2.18. The number of hydrogen-bond donors (Lipinski definition) is 1. The smallest absolute Gasteiger partial charge is 0.240 e. The maximum absolute atomic E-state index is 13.7. The van der Waals surface area contributed by atoms with E-state index in [0.717, 1.165) is 32.1 Å². The Morgan fingerprint density at radius 3 is 2.69 bits per heavy atom. The van der Waals surface area contributed by atoms with Crippen molar-refractivity contribution in [2.24, 2.45) is 0 Å². The van der Waals surface area contributed by atoms with Crippen LogP contribution in [0.15, 0.2) is 47.4 Å². The van der Waals surface area contributed by atoms with Gasteiger partial charge in [0.25, 0.3) is 0 Å². The molecule has 1 heterocycles. The maximum atomic E-state index is 13.7. The van der Waals surface area contributed by atoms with E-state index in [1.807, 2.05) is 6.07 Å². The predicted octanol–water partition coefficient (Wildman–Crippen LogP) is 2.56. The van der Waals surface area contributed by atoms with E-state index in [4.69, 9.17) is 4.74 Å². The molecule has 1 N–H and O–H groups in total. The lowest BCUT2D eigenvalue weighted by molar-refractivity contribution is 0.251. The summed E-state index contributed by atoms with van der Waals surface area (Å²) in [7, 11) is -2.39. The van der Waals surface area contributed by atoms with Crippen LogP contribution in [0.25, 0.3) is 0 Å². The number of rotatable bonds is 7. The minimum atomic E-state index is -3.72. The lowest BCUT2D eigenvalue weighted by Crippen LogP contribution is -2.33. The Bertz CT molecular complexity index is 871. The second kappa shape index (κ2) is 8.16. The van der Waals surface area contributed by atoms with Gasteiger partial charge in [0.05, 0.1) is 12.0 Å². The van der Waals surface area contributed by atoms with Crippen LogP contribution >= 0.6 is 0 Å². The molecular weight excluding hydrogens is 355 g/mol. The molecule has 1 aliphatic heterocycles. The van der Waals surface area contributed by atoms with Gasteiger partial charge in [0.15, 0.2) is 11.6 Å². The lowest BCUT2D eigenvalue weighted by atomic mass is 10.00. The summed E-state index contributed by atoms with van der Waals surface area (Å²) in [5, 5.41) is 0. The van der Waals surface area contributed by atoms with Crippen molar-refractivity contribution in [1.82, 2.24) is 9.62 Å². The van der Waals surface area contributed by atoms with Gasteiger partial charge in [0, 0.05) is 19.6 Å². The Morgan fingerprint density at radius 1 is 1.19 bits per heavy atom. The number of nitrogens with zero attached hydrogens (tertiary/aromatic N) is 1. The first-order valence-electron chi connectivity index (χ1n) is 8.62. The average molecular weight is 378 g/mol. The molecule has 5 nitrogen and oxygen atoms in total. The van der Waals surface area contributed by atoms with Crippen molar-refractivity contribution in [1.29, 1.82) is 0 Å². The molecule has 7 heteroatoms. The van der Waals surface area contributed by atoms with E-state index in [-0.39, 0.29) is 10.6 Å². The van der Waals surface area contributed by atoms with Crippen LogP contribution < -0.4 is 9.46 Å². The van der Waals surface area contributed by atoms with Gasteiger partial charge in [0.2, 0.25) is 10.0 Å². The van der Waals surface area contributed by atoms with Crippen molar-refractivity contribution in [3.63, 3.8) is 0 Å². The van der Waals surface area contributed by atoms with Crippen molar-refractivity contribution >= 4 is 10.0 Å². The van der Waals surface area contributed by atoms with Crippen molar-refractivity contribution in [2.45, 2.75) is 24.3 Å². The van der Waals surface area contributed by atoms with E-state index in [2.05, 4.69) is 27.8 Å². The van der Waals surface area contributed by atoms with Crippen LogP contribution in [0.1, 0.15) is 17.5 Å². The molecule has 1 aliphatic rings. The van der Waals surface area contributed by atoms with Crippen LogP contribution in [0.3, 0.4) is 0 Å². The summed E-state index contributed by atoms with van der Waals surface area (Å²) >= 11 is 0. The fourth-order valence-corrected chi connectivity index (χ4v) is 4.24. The molecule has 0 fully saturated rings. The molecule has 2 aromatic rings. The molecule has 0 unspecified atom stereocenters. The topological polar surface area (TPSA) is 58.6 Å². The van der Waals surface area contributed by atoms with Crippen LogP contribution in [0.2, 0.25) is 0 Å². The Kier molecular flexibility index (Phi) is 5.90. The van der Waals surface area contributed by atoms with E-state index in [1.54, 1.807) is 0 Å². The maximum Gasteiger partial charge on any atom is 0.240 e. The van der Waals surface area contributed by atoms with Crippen LogP contribution in [0.5, 0.6) is 5.75 Å². The van der Waals surface area contributed by atoms with E-state index in [0.29, 0.717) is 13.0 Å². The third kappa shape index (κ3) is 4.41. The van der Waals surface area contributed by atoms with E-state index in [1.165, 1.54) is 30.4 Å². The number of benzene rings is 2. The number of methoxy groups -OCH3 is 1. The molecule has 0 saturated carbocycles. The molecule has 0 bridgehead atoms. The lowest BCUT2D eigenvalue weighted by Gasteiger charge is -2.28. The monoisotopic (exact) mass is 378 g/mol. The number of hydrogen-bond acceptors (Lipinski definition) is 4. The second-order valence-corrected chi connectivity index (χ2v) is 8.11. The molecule has 26 heavy (non-hydrogen) atoms. The van der Waals surface area contributed by atoms with Gasteiger partial charge in [-0.1, -0.05) is 24.3 Å². The summed E-state index contributed by atoms with van der Waals surface area (Å²) in [6, 6.07) is 12.0. The summed E-state index contributed by atoms with van der Waals surface area (Å²) in [5.74, 6) is -0.670. The first-order valence-corrected chi connectivity index (χ1v) is 10.1. The van der Waals surface area contributed by atoms with Crippen LogP contribution in [-0.2, 0) is 23.0 Å². The number of nitrogens with one attached hydrogen (secondary N) is 1. The third-order valence-corrected chi connectivity index (χ3v) is 6.05. The Balaban J connectivity index is 1.49. The summed E-state index contributed by atoms with van der Waals surface area (Å²) in [5.41, 5.74) is 2.74. The summed E-state index contributed by atoms with van der Waals surface area (Å²) < 4.78 is 45.6. The SMILES string of the molecule is COc1ccc(S(=O)(=O)NCCCN2CCc3ccccc3C2)cc1F. The zero-order valence-corrected chi connectivity index (χ0v) is 15.6. The van der Waals surface area contributed by atoms with Crippen molar-refractivity contribution < 1.29 is 17.5 Å². The van der Waals surface area contributed by atoms with Crippen LogP contribution in [0.4, 0.5) is 4.39 Å². The van der Waals surface area contributed by atoms with E-state index in [9.17, 15) is 12.8 Å². The number of ether oxygens (including phenoxy) is 1. The van der Waals surface area contributed by atoms with Gasteiger partial charge in [-0.2, -0.15) is 0 Å². The molecular formula is C19H23FN2O3S. The van der Waals surface area contributed by atoms with Crippen LogP contribution in [0, 0.1) is 5.82 Å². The average Bonchev–Trinajstić information content (AvgIpc) is 2.65. The highest BCUT2D eigenvalue weighted by molar-refractivity contribution is 7.89. The van der Waals surface area contributed by atoms with Crippen molar-refractivity contribution in [2.75, 3.05) is 26.7 Å². The molecule has 3 rings (SSSR count). The van der Waals surface area contributed by atoms with Gasteiger partial charge in [-0.3, -0.25) is 4.90 Å². The number of sulfonamides is 1. The van der Waals surface area contributed by atoms with Gasteiger partial charge >= 0.3 is 0 Å². The Hall–Kier alpha value is -1.96. The highest BCUT2D eigenvalue weighted by atomic mass is 32.2. The molecule has 2 aromatic carbocycles. The molecule has 0 aromatic heterocycles. The van der Waals surface area contributed by atoms with Crippen molar-refractivity contribution in [3.05, 3.63) is 59.4 Å². The highest BCUT2D eigenvalue weighted by Crippen LogP contribution is 2.21. The zero-order valence-electron chi connectivity index (χ0n) is 14.7. The molecule has 0 spiro atoms. The Labute approximate surface area is 153 Å². The standard InChI is InChI=1S/C19H23FN2O3S/c1-25-19-8-7-17(13-18(19)20)26(23,24)21-10-4-11-22-12-9-15-5-2-3-6-16(15)14-22/h2-3,5-8,13,21H,4,9-12,14H2,1H3. The van der Waals surface area contributed by atoms with Gasteiger partial charge in [-0.05, 0) is 48.7 Å². The van der Waals surface area contributed by atoms with Gasteiger partial charge in [-0.25, -0.2) is 17.5 Å². The first kappa shape index (κ1) is 18.8. The fraction of sp³-hybridized carbons (Fsp3) is 0.368. The summed E-state index contributed by atoms with van der Waals surface area (Å²) in [4.78, 5) is 2.23. The first-order chi connectivity index (χ1) is 12.5. The van der Waals surface area contributed by atoms with E-state index < -0.39 is 15.8 Å². The van der Waals surface area contributed by atoms with Gasteiger partial charge < -0.3 is 4.74 Å². The van der Waals surface area contributed by atoms with Gasteiger partial charge in [-0.15, -0.1) is 0 Å². The summed E-state index contributed by atoms with van der Waals surface area (Å²) in [6.45, 7) is 3.00.